The van der Waals surface area contributed by atoms with Gasteiger partial charge in [0.05, 0.1) is 5.56 Å². The molecule has 4 N–H and O–H groups in total. The summed E-state index contributed by atoms with van der Waals surface area (Å²) < 4.78 is 0. The fourth-order valence-electron chi connectivity index (χ4n) is 1.65. The minimum atomic E-state index is -1.00. The highest BCUT2D eigenvalue weighted by molar-refractivity contribution is 7.07. The largest absolute Gasteiger partial charge is 0.478 e. The van der Waals surface area contributed by atoms with E-state index in [-0.39, 0.29) is 11.3 Å². The Morgan fingerprint density at radius 2 is 2.22 bits per heavy atom. The molecule has 1 heterocycles. The van der Waals surface area contributed by atoms with Gasteiger partial charge in [0.1, 0.15) is 0 Å². The summed E-state index contributed by atoms with van der Waals surface area (Å²) in [6.07, 6.45) is 0.935. The molecule has 94 valence electrons. The average Bonchev–Trinajstić information content (AvgIpc) is 2.81. The van der Waals surface area contributed by atoms with E-state index in [0.717, 1.165) is 18.7 Å². The van der Waals surface area contributed by atoms with Gasteiger partial charge in [-0.15, -0.1) is 0 Å². The third-order valence-electron chi connectivity index (χ3n) is 2.60. The lowest BCUT2D eigenvalue weighted by molar-refractivity contribution is 0.0698. The normalized spacial score (nSPS) is 10.2. The van der Waals surface area contributed by atoms with Crippen molar-refractivity contribution >= 4 is 28.7 Å². The Morgan fingerprint density at radius 1 is 1.39 bits per heavy atom. The summed E-state index contributed by atoms with van der Waals surface area (Å²) in [6, 6.07) is 6.99. The zero-order chi connectivity index (χ0) is 13.0. The molecule has 0 amide bonds. The summed E-state index contributed by atoms with van der Waals surface area (Å²) >= 11 is 1.68. The van der Waals surface area contributed by atoms with E-state index < -0.39 is 5.97 Å². The number of nitrogens with one attached hydrogen (secondary N) is 1. The van der Waals surface area contributed by atoms with E-state index in [9.17, 15) is 4.79 Å². The van der Waals surface area contributed by atoms with Crippen LogP contribution in [0.5, 0.6) is 0 Å². The number of anilines is 2. The smallest absolute Gasteiger partial charge is 0.337 e. The van der Waals surface area contributed by atoms with Gasteiger partial charge in [-0.25, -0.2) is 4.79 Å². The van der Waals surface area contributed by atoms with E-state index in [4.69, 9.17) is 10.8 Å². The van der Waals surface area contributed by atoms with Crippen LogP contribution in [0, 0.1) is 0 Å². The molecule has 0 aliphatic carbocycles. The first-order valence-corrected chi connectivity index (χ1v) is 6.49. The Morgan fingerprint density at radius 3 is 2.83 bits per heavy atom. The van der Waals surface area contributed by atoms with Crippen LogP contribution in [0.25, 0.3) is 0 Å². The SMILES string of the molecule is Nc1cc(NCCc2ccsc2)ccc1C(=O)O. The van der Waals surface area contributed by atoms with Crippen LogP contribution in [0.3, 0.4) is 0 Å². The number of nitrogen functional groups attached to an aromatic ring is 1. The van der Waals surface area contributed by atoms with E-state index in [1.54, 1.807) is 23.5 Å². The molecule has 0 unspecified atom stereocenters. The van der Waals surface area contributed by atoms with Crippen LogP contribution in [0.15, 0.2) is 35.0 Å². The molecule has 0 saturated carbocycles. The van der Waals surface area contributed by atoms with Gasteiger partial charge in [0.25, 0.3) is 0 Å². The van der Waals surface area contributed by atoms with Crippen molar-refractivity contribution in [3.05, 3.63) is 46.2 Å². The van der Waals surface area contributed by atoms with Crippen LogP contribution in [0.4, 0.5) is 11.4 Å². The molecule has 5 heteroatoms. The third kappa shape index (κ3) is 3.01. The monoisotopic (exact) mass is 262 g/mol. The first-order chi connectivity index (χ1) is 8.66. The van der Waals surface area contributed by atoms with Crippen molar-refractivity contribution in [2.45, 2.75) is 6.42 Å². The number of hydrogen-bond acceptors (Lipinski definition) is 4. The molecule has 4 nitrogen and oxygen atoms in total. The Hall–Kier alpha value is -2.01. The molecule has 0 atom stereocenters. The topological polar surface area (TPSA) is 75.3 Å². The van der Waals surface area contributed by atoms with Crippen molar-refractivity contribution in [2.24, 2.45) is 0 Å². The van der Waals surface area contributed by atoms with Crippen molar-refractivity contribution < 1.29 is 9.90 Å². The second kappa shape index (κ2) is 5.55. The minimum Gasteiger partial charge on any atom is -0.478 e. The van der Waals surface area contributed by atoms with Crippen molar-refractivity contribution in [2.75, 3.05) is 17.6 Å². The molecule has 0 aliphatic rings. The van der Waals surface area contributed by atoms with E-state index in [1.165, 1.54) is 11.6 Å². The van der Waals surface area contributed by atoms with Crippen LogP contribution in [0.2, 0.25) is 0 Å². The van der Waals surface area contributed by atoms with Gasteiger partial charge in [-0.2, -0.15) is 11.3 Å². The molecule has 0 bridgehead atoms. The number of nitrogens with two attached hydrogens (primary N) is 1. The summed E-state index contributed by atoms with van der Waals surface area (Å²) in [7, 11) is 0. The standard InChI is InChI=1S/C13H14N2O2S/c14-12-7-10(1-2-11(12)13(16)17)15-5-3-9-4-6-18-8-9/h1-2,4,6-8,15H,3,5,14H2,(H,16,17). The second-order valence-corrected chi connectivity index (χ2v) is 4.70. The van der Waals surface area contributed by atoms with Crippen LogP contribution < -0.4 is 11.1 Å². The number of benzene rings is 1. The van der Waals surface area contributed by atoms with Gasteiger partial charge in [-0.1, -0.05) is 0 Å². The van der Waals surface area contributed by atoms with Crippen LogP contribution >= 0.6 is 11.3 Å². The molecule has 0 aliphatic heterocycles. The van der Waals surface area contributed by atoms with Gasteiger partial charge >= 0.3 is 5.97 Å². The number of hydrogen-bond donors (Lipinski definition) is 3. The predicted octanol–water partition coefficient (Wildman–Crippen LogP) is 2.68. The highest BCUT2D eigenvalue weighted by Crippen LogP contribution is 2.18. The highest BCUT2D eigenvalue weighted by Gasteiger charge is 2.07. The lowest BCUT2D eigenvalue weighted by Crippen LogP contribution is -2.07. The maximum atomic E-state index is 10.8. The van der Waals surface area contributed by atoms with Gasteiger partial charge in [0.2, 0.25) is 0 Å². The van der Waals surface area contributed by atoms with Crippen molar-refractivity contribution in [3.63, 3.8) is 0 Å². The average molecular weight is 262 g/mol. The highest BCUT2D eigenvalue weighted by atomic mass is 32.1. The summed E-state index contributed by atoms with van der Waals surface area (Å²) in [5.41, 5.74) is 8.22. The molecule has 0 saturated heterocycles. The van der Waals surface area contributed by atoms with E-state index in [0.29, 0.717) is 0 Å². The third-order valence-corrected chi connectivity index (χ3v) is 3.34. The zero-order valence-electron chi connectivity index (χ0n) is 9.72. The zero-order valence-corrected chi connectivity index (χ0v) is 10.5. The number of rotatable bonds is 5. The Kier molecular flexibility index (Phi) is 3.84. The summed E-state index contributed by atoms with van der Waals surface area (Å²) in [6.45, 7) is 0.794. The molecular formula is C13H14N2O2S. The fourth-order valence-corrected chi connectivity index (χ4v) is 2.36. The maximum absolute atomic E-state index is 10.8. The summed E-state index contributed by atoms with van der Waals surface area (Å²) in [4.78, 5) is 10.8. The number of carbonyl (C=O) groups is 1. The second-order valence-electron chi connectivity index (χ2n) is 3.92. The van der Waals surface area contributed by atoms with Gasteiger partial charge in [0, 0.05) is 17.9 Å². The van der Waals surface area contributed by atoms with Gasteiger partial charge in [0.15, 0.2) is 0 Å². The number of carboxylic acids is 1. The van der Waals surface area contributed by atoms with Crippen molar-refractivity contribution in [1.29, 1.82) is 0 Å². The molecular weight excluding hydrogens is 248 g/mol. The predicted molar refractivity (Wildman–Crippen MR) is 74.3 cm³/mol. The molecule has 1 aromatic carbocycles. The Bertz CT molecular complexity index is 538. The summed E-state index contributed by atoms with van der Waals surface area (Å²) in [5.74, 6) is -1.00. The molecule has 0 radical (unpaired) electrons. The first-order valence-electron chi connectivity index (χ1n) is 5.54. The van der Waals surface area contributed by atoms with Crippen LogP contribution in [-0.4, -0.2) is 17.6 Å². The molecule has 18 heavy (non-hydrogen) atoms. The fraction of sp³-hybridized carbons (Fsp3) is 0.154. The summed E-state index contributed by atoms with van der Waals surface area (Å²) in [5, 5.41) is 16.2. The molecule has 1 aromatic heterocycles. The lowest BCUT2D eigenvalue weighted by Gasteiger charge is -2.08. The van der Waals surface area contributed by atoms with E-state index in [1.807, 2.05) is 0 Å². The van der Waals surface area contributed by atoms with Crippen LogP contribution in [-0.2, 0) is 6.42 Å². The Labute approximate surface area is 109 Å². The quantitative estimate of drug-likeness (QED) is 0.724. The number of carboxylic acid groups (broad SMARTS) is 1. The number of aromatic carboxylic acids is 1. The molecule has 2 aromatic rings. The lowest BCUT2D eigenvalue weighted by atomic mass is 10.1. The van der Waals surface area contributed by atoms with Crippen molar-refractivity contribution in [1.82, 2.24) is 0 Å². The van der Waals surface area contributed by atoms with Gasteiger partial charge in [-0.3, -0.25) is 0 Å². The van der Waals surface area contributed by atoms with Gasteiger partial charge in [-0.05, 0) is 47.0 Å². The molecule has 0 spiro atoms. The number of thiophene rings is 1. The Balaban J connectivity index is 1.94. The maximum Gasteiger partial charge on any atom is 0.337 e. The van der Waals surface area contributed by atoms with Gasteiger partial charge < -0.3 is 16.2 Å². The minimum absolute atomic E-state index is 0.137. The van der Waals surface area contributed by atoms with E-state index in [2.05, 4.69) is 22.1 Å². The van der Waals surface area contributed by atoms with E-state index >= 15 is 0 Å². The van der Waals surface area contributed by atoms with Crippen LogP contribution in [0.1, 0.15) is 15.9 Å². The first kappa shape index (κ1) is 12.4. The molecule has 2 rings (SSSR count). The molecule has 0 fully saturated rings. The van der Waals surface area contributed by atoms with Crippen molar-refractivity contribution in [3.8, 4) is 0 Å².